The van der Waals surface area contributed by atoms with Gasteiger partial charge in [0.15, 0.2) is 0 Å². The summed E-state index contributed by atoms with van der Waals surface area (Å²) in [5.74, 6) is 3.00. The van der Waals surface area contributed by atoms with E-state index in [1.54, 1.807) is 0 Å². The maximum atomic E-state index is 9.75. The van der Waals surface area contributed by atoms with E-state index in [-0.39, 0.29) is 6.10 Å². The van der Waals surface area contributed by atoms with Crippen LogP contribution in [0.5, 0.6) is 0 Å². The first kappa shape index (κ1) is 14.5. The van der Waals surface area contributed by atoms with Crippen molar-refractivity contribution in [3.8, 4) is 0 Å². The van der Waals surface area contributed by atoms with Gasteiger partial charge in [-0.1, -0.05) is 0 Å². The van der Waals surface area contributed by atoms with E-state index < -0.39 is 0 Å². The van der Waals surface area contributed by atoms with E-state index in [0.29, 0.717) is 0 Å². The standard InChI is InChI=1S/C12H26OSe/c1-4-5-6-7-8-12(13)9-11(2)10-14-3/h11-13H,4-10H2,1-3H3. The molecule has 0 aromatic carbocycles. The molecule has 0 saturated carbocycles. The van der Waals surface area contributed by atoms with Gasteiger partial charge in [-0.25, -0.2) is 0 Å². The van der Waals surface area contributed by atoms with Crippen molar-refractivity contribution in [2.24, 2.45) is 5.92 Å². The molecule has 0 radical (unpaired) electrons. The van der Waals surface area contributed by atoms with E-state index in [2.05, 4.69) is 19.7 Å². The fraction of sp³-hybridized carbons (Fsp3) is 1.00. The van der Waals surface area contributed by atoms with Gasteiger partial charge >= 0.3 is 95.6 Å². The first-order chi connectivity index (χ1) is 6.70. The summed E-state index contributed by atoms with van der Waals surface area (Å²) in [7, 11) is 0. The van der Waals surface area contributed by atoms with Gasteiger partial charge in [0.25, 0.3) is 0 Å². The third-order valence-corrected chi connectivity index (χ3v) is 4.41. The third kappa shape index (κ3) is 9.05. The molecule has 0 aliphatic rings. The first-order valence-electron chi connectivity index (χ1n) is 5.87. The molecule has 0 bridgehead atoms. The van der Waals surface area contributed by atoms with Crippen LogP contribution in [0.1, 0.15) is 52.4 Å². The summed E-state index contributed by atoms with van der Waals surface area (Å²) in [4.78, 5) is 0. The van der Waals surface area contributed by atoms with Crippen molar-refractivity contribution in [1.82, 2.24) is 0 Å². The molecule has 0 aromatic rings. The summed E-state index contributed by atoms with van der Waals surface area (Å²) < 4.78 is 0. The van der Waals surface area contributed by atoms with E-state index in [1.165, 1.54) is 31.0 Å². The predicted molar refractivity (Wildman–Crippen MR) is 65.0 cm³/mol. The second-order valence-electron chi connectivity index (χ2n) is 4.30. The number of aliphatic hydroxyl groups is 1. The van der Waals surface area contributed by atoms with Crippen molar-refractivity contribution in [2.75, 3.05) is 0 Å². The Morgan fingerprint density at radius 2 is 1.93 bits per heavy atom. The van der Waals surface area contributed by atoms with Crippen molar-refractivity contribution >= 4 is 15.0 Å². The molecule has 0 aliphatic carbocycles. The zero-order valence-corrected chi connectivity index (χ0v) is 11.7. The monoisotopic (exact) mass is 266 g/mol. The maximum absolute atomic E-state index is 9.75. The van der Waals surface area contributed by atoms with Crippen molar-refractivity contribution in [2.45, 2.75) is 69.6 Å². The Labute approximate surface area is 95.8 Å². The Balaban J connectivity index is 3.30. The molecule has 2 heteroatoms. The van der Waals surface area contributed by atoms with Gasteiger partial charge in [-0.05, 0) is 0 Å². The number of unbranched alkanes of at least 4 members (excludes halogenated alkanes) is 3. The van der Waals surface area contributed by atoms with Gasteiger partial charge in [0, 0.05) is 0 Å². The molecule has 0 amide bonds. The molecule has 0 saturated heterocycles. The summed E-state index contributed by atoms with van der Waals surface area (Å²) >= 11 is 0.765. The molecule has 1 nitrogen and oxygen atoms in total. The average molecular weight is 265 g/mol. The summed E-state index contributed by atoms with van der Waals surface area (Å²) in [6, 6.07) is 0. The van der Waals surface area contributed by atoms with Crippen LogP contribution in [0.3, 0.4) is 0 Å². The van der Waals surface area contributed by atoms with Crippen LogP contribution in [0.2, 0.25) is 11.1 Å². The molecule has 0 fully saturated rings. The number of aliphatic hydroxyl groups excluding tert-OH is 1. The van der Waals surface area contributed by atoms with Crippen LogP contribution in [0.4, 0.5) is 0 Å². The fourth-order valence-electron chi connectivity index (χ4n) is 1.74. The second kappa shape index (κ2) is 10.0. The van der Waals surface area contributed by atoms with Crippen LogP contribution in [0.25, 0.3) is 0 Å². The second-order valence-corrected chi connectivity index (χ2v) is 6.21. The fourth-order valence-corrected chi connectivity index (χ4v) is 3.22. The number of hydrogen-bond donors (Lipinski definition) is 1. The number of hydrogen-bond acceptors (Lipinski definition) is 1. The zero-order chi connectivity index (χ0) is 10.8. The van der Waals surface area contributed by atoms with Crippen LogP contribution < -0.4 is 0 Å². The van der Waals surface area contributed by atoms with E-state index in [4.69, 9.17) is 0 Å². The summed E-state index contributed by atoms with van der Waals surface area (Å²) in [5.41, 5.74) is 0. The van der Waals surface area contributed by atoms with Crippen LogP contribution in [0, 0.1) is 5.92 Å². The first-order valence-corrected chi connectivity index (χ1v) is 8.80. The SMILES string of the molecule is CCCCCCC(O)CC(C)C[Se]C. The molecule has 14 heavy (non-hydrogen) atoms. The predicted octanol–water partition coefficient (Wildman–Crippen LogP) is 3.51. The van der Waals surface area contributed by atoms with Gasteiger partial charge in [0.1, 0.15) is 0 Å². The molecule has 86 valence electrons. The van der Waals surface area contributed by atoms with Crippen molar-refractivity contribution in [3.05, 3.63) is 0 Å². The van der Waals surface area contributed by atoms with Gasteiger partial charge in [0.2, 0.25) is 0 Å². The molecule has 0 rings (SSSR count). The molecule has 0 aliphatic heterocycles. The van der Waals surface area contributed by atoms with Gasteiger partial charge in [-0.2, -0.15) is 0 Å². The van der Waals surface area contributed by atoms with E-state index in [9.17, 15) is 5.11 Å². The molecular formula is C12H26OSe. The molecule has 0 heterocycles. The average Bonchev–Trinajstić information content (AvgIpc) is 2.13. The van der Waals surface area contributed by atoms with E-state index in [1.807, 2.05) is 0 Å². The number of rotatable bonds is 9. The molecule has 1 N–H and O–H groups in total. The normalized spacial score (nSPS) is 15.4. The van der Waals surface area contributed by atoms with Gasteiger partial charge in [0.05, 0.1) is 0 Å². The van der Waals surface area contributed by atoms with Crippen LogP contribution in [0.15, 0.2) is 0 Å². The molecule has 0 spiro atoms. The molecular weight excluding hydrogens is 239 g/mol. The summed E-state index contributed by atoms with van der Waals surface area (Å²) in [5, 5.41) is 11.1. The van der Waals surface area contributed by atoms with Crippen LogP contribution >= 0.6 is 0 Å². The Morgan fingerprint density at radius 1 is 1.21 bits per heavy atom. The topological polar surface area (TPSA) is 20.2 Å². The van der Waals surface area contributed by atoms with Crippen LogP contribution in [-0.2, 0) is 0 Å². The third-order valence-electron chi connectivity index (χ3n) is 2.52. The molecule has 2 atom stereocenters. The molecule has 0 aromatic heterocycles. The minimum absolute atomic E-state index is 0.0378. The quantitative estimate of drug-likeness (QED) is 0.499. The van der Waals surface area contributed by atoms with Gasteiger partial charge in [-0.15, -0.1) is 0 Å². The Hall–Kier alpha value is 0.479. The van der Waals surface area contributed by atoms with Crippen molar-refractivity contribution < 1.29 is 5.11 Å². The van der Waals surface area contributed by atoms with E-state index >= 15 is 0 Å². The minimum atomic E-state index is -0.0378. The summed E-state index contributed by atoms with van der Waals surface area (Å²) in [6.45, 7) is 4.49. The van der Waals surface area contributed by atoms with E-state index in [0.717, 1.165) is 33.7 Å². The van der Waals surface area contributed by atoms with Gasteiger partial charge < -0.3 is 0 Å². The van der Waals surface area contributed by atoms with Crippen molar-refractivity contribution in [1.29, 1.82) is 0 Å². The Kier molecular flexibility index (Phi) is 10.4. The molecule has 2 unspecified atom stereocenters. The summed E-state index contributed by atoms with van der Waals surface area (Å²) in [6.07, 6.45) is 7.09. The Bertz CT molecular complexity index is 117. The zero-order valence-electron chi connectivity index (χ0n) is 9.96. The Morgan fingerprint density at radius 3 is 2.50 bits per heavy atom. The van der Waals surface area contributed by atoms with Gasteiger partial charge in [-0.3, -0.25) is 0 Å². The van der Waals surface area contributed by atoms with Crippen LogP contribution in [-0.4, -0.2) is 26.2 Å². The van der Waals surface area contributed by atoms with Crippen molar-refractivity contribution in [3.63, 3.8) is 0 Å².